The molecule has 0 aromatic heterocycles. The normalized spacial score (nSPS) is 20.8. The van der Waals surface area contributed by atoms with Crippen LogP contribution in [0.15, 0.2) is 0 Å². The Kier molecular flexibility index (Phi) is 5.43. The van der Waals surface area contributed by atoms with E-state index in [9.17, 15) is 10.2 Å². The summed E-state index contributed by atoms with van der Waals surface area (Å²) in [7, 11) is 0. The van der Waals surface area contributed by atoms with E-state index >= 15 is 0 Å². The number of aliphatic hydroxyl groups excluding tert-OH is 2. The van der Waals surface area contributed by atoms with E-state index in [0.717, 1.165) is 0 Å². The molecular formula is C8H21N3O2. The average Bonchev–Trinajstić information content (AvgIpc) is 2.03. The second kappa shape index (κ2) is 5.51. The average molecular weight is 191 g/mol. The van der Waals surface area contributed by atoms with Crippen molar-refractivity contribution in [2.45, 2.75) is 31.6 Å². The highest BCUT2D eigenvalue weighted by Crippen LogP contribution is 2.11. The van der Waals surface area contributed by atoms with Gasteiger partial charge in [-0.3, -0.25) is 0 Å². The Morgan fingerprint density at radius 2 is 1.77 bits per heavy atom. The molecule has 0 aromatic carbocycles. The molecule has 0 fully saturated rings. The minimum Gasteiger partial charge on any atom is -0.391 e. The molecule has 0 spiro atoms. The quantitative estimate of drug-likeness (QED) is 0.312. The van der Waals surface area contributed by atoms with Crippen LogP contribution in [0.3, 0.4) is 0 Å². The first-order chi connectivity index (χ1) is 5.95. The van der Waals surface area contributed by atoms with Crippen molar-refractivity contribution in [2.75, 3.05) is 19.6 Å². The van der Waals surface area contributed by atoms with E-state index < -0.39 is 17.7 Å². The topological polar surface area (TPSA) is 105 Å². The second-order valence-corrected chi connectivity index (χ2v) is 3.43. The number of nitrogens with two attached hydrogens (primary N) is 2. The van der Waals surface area contributed by atoms with Crippen LogP contribution in [0, 0.1) is 0 Å². The molecular weight excluding hydrogens is 170 g/mol. The van der Waals surface area contributed by atoms with Crippen LogP contribution < -0.4 is 16.8 Å². The zero-order valence-electron chi connectivity index (χ0n) is 8.33. The lowest BCUT2D eigenvalue weighted by Gasteiger charge is -2.35. The van der Waals surface area contributed by atoms with Gasteiger partial charge in [-0.15, -0.1) is 0 Å². The molecule has 0 aliphatic rings. The SMILES string of the molecule is CC(O)C(N)(CNCCN)C(C)O. The summed E-state index contributed by atoms with van der Waals surface area (Å²) in [5, 5.41) is 21.7. The fourth-order valence-corrected chi connectivity index (χ4v) is 1.05. The zero-order valence-corrected chi connectivity index (χ0v) is 8.33. The van der Waals surface area contributed by atoms with Gasteiger partial charge in [0.2, 0.25) is 0 Å². The van der Waals surface area contributed by atoms with Crippen molar-refractivity contribution in [2.24, 2.45) is 11.5 Å². The maximum Gasteiger partial charge on any atom is 0.0800 e. The third-order valence-corrected chi connectivity index (χ3v) is 2.31. The van der Waals surface area contributed by atoms with Crippen molar-refractivity contribution in [1.82, 2.24) is 5.32 Å². The minimum absolute atomic E-state index is 0.347. The van der Waals surface area contributed by atoms with Crippen molar-refractivity contribution in [3.8, 4) is 0 Å². The molecule has 0 aliphatic heterocycles. The molecule has 0 amide bonds. The minimum atomic E-state index is -1.00. The monoisotopic (exact) mass is 191 g/mol. The Bertz CT molecular complexity index is 131. The molecule has 0 saturated heterocycles. The van der Waals surface area contributed by atoms with E-state index in [-0.39, 0.29) is 0 Å². The van der Waals surface area contributed by atoms with E-state index in [1.54, 1.807) is 13.8 Å². The fourth-order valence-electron chi connectivity index (χ4n) is 1.05. The van der Waals surface area contributed by atoms with Gasteiger partial charge in [0.15, 0.2) is 0 Å². The molecule has 5 nitrogen and oxygen atoms in total. The molecule has 80 valence electrons. The lowest BCUT2D eigenvalue weighted by Crippen LogP contribution is -2.63. The molecule has 0 bridgehead atoms. The van der Waals surface area contributed by atoms with Crippen LogP contribution in [-0.4, -0.2) is 47.6 Å². The van der Waals surface area contributed by atoms with Crippen LogP contribution in [0.4, 0.5) is 0 Å². The molecule has 13 heavy (non-hydrogen) atoms. The number of rotatable bonds is 6. The third kappa shape index (κ3) is 3.58. The molecule has 0 radical (unpaired) electrons. The maximum atomic E-state index is 9.38. The summed E-state index contributed by atoms with van der Waals surface area (Å²) in [6, 6.07) is 0. The van der Waals surface area contributed by atoms with Gasteiger partial charge in [0.05, 0.1) is 17.7 Å². The fraction of sp³-hybridized carbons (Fsp3) is 1.00. The zero-order chi connectivity index (χ0) is 10.5. The van der Waals surface area contributed by atoms with Gasteiger partial charge in [-0.05, 0) is 13.8 Å². The van der Waals surface area contributed by atoms with Gasteiger partial charge in [0.1, 0.15) is 0 Å². The van der Waals surface area contributed by atoms with Crippen LogP contribution in [0.2, 0.25) is 0 Å². The van der Waals surface area contributed by atoms with Crippen LogP contribution >= 0.6 is 0 Å². The third-order valence-electron chi connectivity index (χ3n) is 2.31. The lowest BCUT2D eigenvalue weighted by atomic mass is 9.89. The molecule has 0 rings (SSSR count). The van der Waals surface area contributed by atoms with Crippen LogP contribution in [0.1, 0.15) is 13.8 Å². The Hall–Kier alpha value is -0.200. The predicted octanol–water partition coefficient (Wildman–Crippen LogP) is -2.01. The summed E-state index contributed by atoms with van der Waals surface area (Å²) >= 11 is 0. The highest BCUT2D eigenvalue weighted by atomic mass is 16.3. The second-order valence-electron chi connectivity index (χ2n) is 3.43. The van der Waals surface area contributed by atoms with Gasteiger partial charge in [-0.25, -0.2) is 0 Å². The van der Waals surface area contributed by atoms with Crippen molar-refractivity contribution < 1.29 is 10.2 Å². The summed E-state index contributed by atoms with van der Waals surface area (Å²) in [5.41, 5.74) is 10.1. The molecule has 0 aromatic rings. The van der Waals surface area contributed by atoms with Gasteiger partial charge < -0.3 is 27.0 Å². The van der Waals surface area contributed by atoms with E-state index in [2.05, 4.69) is 5.32 Å². The number of nitrogens with one attached hydrogen (secondary N) is 1. The first kappa shape index (κ1) is 12.8. The number of hydrogen-bond donors (Lipinski definition) is 5. The summed E-state index contributed by atoms with van der Waals surface area (Å²) in [6.07, 6.45) is -1.53. The van der Waals surface area contributed by atoms with Crippen molar-refractivity contribution >= 4 is 0 Å². The summed E-state index contributed by atoms with van der Waals surface area (Å²) in [5.74, 6) is 0. The maximum absolute atomic E-state index is 9.38. The van der Waals surface area contributed by atoms with Gasteiger partial charge >= 0.3 is 0 Å². The van der Waals surface area contributed by atoms with E-state index in [4.69, 9.17) is 11.5 Å². The Morgan fingerprint density at radius 3 is 2.08 bits per heavy atom. The van der Waals surface area contributed by atoms with E-state index in [0.29, 0.717) is 19.6 Å². The molecule has 2 unspecified atom stereocenters. The van der Waals surface area contributed by atoms with Crippen molar-refractivity contribution in [3.05, 3.63) is 0 Å². The van der Waals surface area contributed by atoms with Gasteiger partial charge in [0, 0.05) is 19.6 Å². The van der Waals surface area contributed by atoms with E-state index in [1.165, 1.54) is 0 Å². The summed E-state index contributed by atoms with van der Waals surface area (Å²) in [4.78, 5) is 0. The lowest BCUT2D eigenvalue weighted by molar-refractivity contribution is 0.00819. The van der Waals surface area contributed by atoms with Crippen molar-refractivity contribution in [1.29, 1.82) is 0 Å². The Morgan fingerprint density at radius 1 is 1.31 bits per heavy atom. The molecule has 0 aliphatic carbocycles. The Balaban J connectivity index is 4.09. The summed E-state index contributed by atoms with van der Waals surface area (Å²) in [6.45, 7) is 4.61. The van der Waals surface area contributed by atoms with Gasteiger partial charge in [-0.2, -0.15) is 0 Å². The molecule has 0 saturated carbocycles. The number of aliphatic hydroxyl groups is 2. The highest BCUT2D eigenvalue weighted by molar-refractivity contribution is 4.96. The van der Waals surface area contributed by atoms with Gasteiger partial charge in [-0.1, -0.05) is 0 Å². The molecule has 7 N–H and O–H groups in total. The van der Waals surface area contributed by atoms with Crippen LogP contribution in [0.5, 0.6) is 0 Å². The molecule has 2 atom stereocenters. The van der Waals surface area contributed by atoms with E-state index in [1.807, 2.05) is 0 Å². The van der Waals surface area contributed by atoms with Crippen LogP contribution in [-0.2, 0) is 0 Å². The summed E-state index contributed by atoms with van der Waals surface area (Å²) < 4.78 is 0. The molecule has 0 heterocycles. The first-order valence-electron chi connectivity index (χ1n) is 4.51. The highest BCUT2D eigenvalue weighted by Gasteiger charge is 2.35. The first-order valence-corrected chi connectivity index (χ1v) is 4.51. The largest absolute Gasteiger partial charge is 0.391 e. The van der Waals surface area contributed by atoms with Crippen LogP contribution in [0.25, 0.3) is 0 Å². The predicted molar refractivity (Wildman–Crippen MR) is 52.2 cm³/mol. The Labute approximate surface area is 79.1 Å². The molecule has 5 heteroatoms. The number of hydrogen-bond acceptors (Lipinski definition) is 5. The van der Waals surface area contributed by atoms with Crippen molar-refractivity contribution in [3.63, 3.8) is 0 Å². The van der Waals surface area contributed by atoms with Gasteiger partial charge in [0.25, 0.3) is 0 Å². The smallest absolute Gasteiger partial charge is 0.0800 e. The standard InChI is InChI=1S/C8H21N3O2/c1-6(12)8(10,7(2)13)5-11-4-3-9/h6-7,11-13H,3-5,9-10H2,1-2H3.